The summed E-state index contributed by atoms with van der Waals surface area (Å²) in [6, 6.07) is 12.9. The molecule has 2 rings (SSSR count). The van der Waals surface area contributed by atoms with Crippen LogP contribution in [0.3, 0.4) is 0 Å². The van der Waals surface area contributed by atoms with E-state index in [1.54, 1.807) is 24.5 Å². The fourth-order valence-corrected chi connectivity index (χ4v) is 1.98. The summed E-state index contributed by atoms with van der Waals surface area (Å²) in [4.78, 5) is 28.3. The van der Waals surface area contributed by atoms with Crippen LogP contribution in [0.25, 0.3) is 0 Å². The largest absolute Gasteiger partial charge is 0.481 e. The van der Waals surface area contributed by atoms with Gasteiger partial charge < -0.3 is 14.7 Å². The van der Waals surface area contributed by atoms with E-state index in [0.717, 1.165) is 11.1 Å². The predicted molar refractivity (Wildman–Crippen MR) is 83.5 cm³/mol. The lowest BCUT2D eigenvalue weighted by Crippen LogP contribution is -2.33. The topological polar surface area (TPSA) is 79.7 Å². The Morgan fingerprint density at radius 1 is 1.04 bits per heavy atom. The maximum absolute atomic E-state index is 12.2. The minimum Gasteiger partial charge on any atom is -0.481 e. The van der Waals surface area contributed by atoms with E-state index in [-0.39, 0.29) is 26.1 Å². The molecule has 0 aliphatic heterocycles. The van der Waals surface area contributed by atoms with Crippen LogP contribution >= 0.6 is 0 Å². The van der Waals surface area contributed by atoms with Crippen molar-refractivity contribution in [3.8, 4) is 0 Å². The van der Waals surface area contributed by atoms with E-state index in [1.807, 2.05) is 30.3 Å². The lowest BCUT2D eigenvalue weighted by Gasteiger charge is -2.21. The molecule has 6 heteroatoms. The van der Waals surface area contributed by atoms with Crippen molar-refractivity contribution in [2.24, 2.45) is 0 Å². The van der Waals surface area contributed by atoms with Gasteiger partial charge in [-0.05, 0) is 23.3 Å². The van der Waals surface area contributed by atoms with Crippen LogP contribution in [0, 0.1) is 0 Å². The number of rotatable bonds is 7. The zero-order valence-electron chi connectivity index (χ0n) is 12.6. The van der Waals surface area contributed by atoms with Gasteiger partial charge >= 0.3 is 12.1 Å². The predicted octanol–water partition coefficient (Wildman–Crippen LogP) is 2.70. The number of aliphatic carboxylic acids is 1. The van der Waals surface area contributed by atoms with Crippen molar-refractivity contribution in [3.63, 3.8) is 0 Å². The van der Waals surface area contributed by atoms with Crippen LogP contribution in [0.4, 0.5) is 4.79 Å². The van der Waals surface area contributed by atoms with Crippen LogP contribution < -0.4 is 0 Å². The van der Waals surface area contributed by atoms with E-state index in [4.69, 9.17) is 9.84 Å². The average Bonchev–Trinajstić information content (AvgIpc) is 2.58. The number of hydrogen-bond acceptors (Lipinski definition) is 4. The van der Waals surface area contributed by atoms with Gasteiger partial charge in [0, 0.05) is 25.5 Å². The number of benzene rings is 1. The Bertz CT molecular complexity index is 632. The first-order valence-corrected chi connectivity index (χ1v) is 7.21. The van der Waals surface area contributed by atoms with Gasteiger partial charge in [0.1, 0.15) is 6.61 Å². The molecule has 120 valence electrons. The molecule has 1 aromatic heterocycles. The molecule has 0 radical (unpaired) electrons. The monoisotopic (exact) mass is 314 g/mol. The zero-order valence-corrected chi connectivity index (χ0v) is 12.6. The molecular formula is C17H18N2O4. The van der Waals surface area contributed by atoms with Crippen LogP contribution in [-0.4, -0.2) is 33.6 Å². The smallest absolute Gasteiger partial charge is 0.410 e. The summed E-state index contributed by atoms with van der Waals surface area (Å²) in [6.07, 6.45) is 2.58. The molecule has 2 aromatic rings. The lowest BCUT2D eigenvalue weighted by molar-refractivity contribution is -0.137. The SMILES string of the molecule is O=C(O)CCN(Cc1ccncc1)C(=O)OCc1ccccc1. The standard InChI is InChI=1S/C17H18N2O4/c20-16(21)8-11-19(12-14-6-9-18-10-7-14)17(22)23-13-15-4-2-1-3-5-15/h1-7,9-10H,8,11-13H2,(H,20,21). The minimum atomic E-state index is -0.958. The van der Waals surface area contributed by atoms with Crippen molar-refractivity contribution in [3.05, 3.63) is 66.0 Å². The molecule has 23 heavy (non-hydrogen) atoms. The van der Waals surface area contributed by atoms with E-state index in [9.17, 15) is 9.59 Å². The third kappa shape index (κ3) is 5.78. The van der Waals surface area contributed by atoms with Crippen LogP contribution in [-0.2, 0) is 22.7 Å². The second-order valence-electron chi connectivity index (χ2n) is 4.96. The number of hydrogen-bond donors (Lipinski definition) is 1. The highest BCUT2D eigenvalue weighted by Gasteiger charge is 2.17. The minimum absolute atomic E-state index is 0.0886. The van der Waals surface area contributed by atoms with Gasteiger partial charge in [-0.2, -0.15) is 0 Å². The summed E-state index contributed by atoms with van der Waals surface area (Å²) >= 11 is 0. The summed E-state index contributed by atoms with van der Waals surface area (Å²) < 4.78 is 5.27. The number of nitrogens with zero attached hydrogens (tertiary/aromatic N) is 2. The molecule has 6 nitrogen and oxygen atoms in total. The maximum Gasteiger partial charge on any atom is 0.410 e. The quantitative estimate of drug-likeness (QED) is 0.850. The summed E-state index contributed by atoms with van der Waals surface area (Å²) in [5, 5.41) is 8.83. The molecule has 0 saturated carbocycles. The second-order valence-corrected chi connectivity index (χ2v) is 4.96. The van der Waals surface area contributed by atoms with Crippen molar-refractivity contribution in [2.45, 2.75) is 19.6 Å². The molecule has 0 saturated heterocycles. The molecule has 1 aromatic carbocycles. The molecule has 1 N–H and O–H groups in total. The molecule has 0 atom stereocenters. The van der Waals surface area contributed by atoms with Crippen LogP contribution in [0.2, 0.25) is 0 Å². The molecule has 0 bridgehead atoms. The first-order valence-electron chi connectivity index (χ1n) is 7.21. The number of carboxylic acids is 1. The third-order valence-electron chi connectivity index (χ3n) is 3.18. The van der Waals surface area contributed by atoms with E-state index in [1.165, 1.54) is 4.90 Å². The number of carbonyl (C=O) groups excluding carboxylic acids is 1. The number of carboxylic acid groups (broad SMARTS) is 1. The third-order valence-corrected chi connectivity index (χ3v) is 3.18. The van der Waals surface area contributed by atoms with Gasteiger partial charge in [-0.3, -0.25) is 9.78 Å². The normalized spacial score (nSPS) is 10.1. The van der Waals surface area contributed by atoms with E-state index in [0.29, 0.717) is 0 Å². The maximum atomic E-state index is 12.2. The van der Waals surface area contributed by atoms with Gasteiger partial charge in [-0.1, -0.05) is 30.3 Å². The molecule has 0 fully saturated rings. The highest BCUT2D eigenvalue weighted by molar-refractivity contribution is 5.70. The van der Waals surface area contributed by atoms with E-state index >= 15 is 0 Å². The van der Waals surface area contributed by atoms with Gasteiger partial charge in [0.15, 0.2) is 0 Å². The Hall–Kier alpha value is -2.89. The van der Waals surface area contributed by atoms with Crippen molar-refractivity contribution in [1.29, 1.82) is 0 Å². The molecule has 1 heterocycles. The molecule has 0 unspecified atom stereocenters. The van der Waals surface area contributed by atoms with Gasteiger partial charge in [-0.25, -0.2) is 4.79 Å². The van der Waals surface area contributed by atoms with Gasteiger partial charge in [0.25, 0.3) is 0 Å². The number of pyridine rings is 1. The molecular weight excluding hydrogens is 296 g/mol. The number of carbonyl (C=O) groups is 2. The van der Waals surface area contributed by atoms with Gasteiger partial charge in [0.2, 0.25) is 0 Å². The Labute approximate surface area is 134 Å². The first-order chi connectivity index (χ1) is 11.1. The zero-order chi connectivity index (χ0) is 16.5. The Morgan fingerprint density at radius 3 is 2.39 bits per heavy atom. The van der Waals surface area contributed by atoms with E-state index < -0.39 is 12.1 Å². The van der Waals surface area contributed by atoms with Crippen LogP contribution in [0.15, 0.2) is 54.9 Å². The second kappa shape index (κ2) is 8.53. The molecule has 0 aliphatic rings. The summed E-state index contributed by atoms with van der Waals surface area (Å²) in [5.41, 5.74) is 1.74. The van der Waals surface area contributed by atoms with Crippen molar-refractivity contribution in [2.75, 3.05) is 6.54 Å². The average molecular weight is 314 g/mol. The summed E-state index contributed by atoms with van der Waals surface area (Å²) in [5.74, 6) is -0.958. The Balaban J connectivity index is 1.97. The van der Waals surface area contributed by atoms with Gasteiger partial charge in [0.05, 0.1) is 6.42 Å². The number of aromatic nitrogens is 1. The Kier molecular flexibility index (Phi) is 6.11. The summed E-state index contributed by atoms with van der Waals surface area (Å²) in [7, 11) is 0. The molecule has 1 amide bonds. The van der Waals surface area contributed by atoms with Crippen LogP contribution in [0.5, 0.6) is 0 Å². The highest BCUT2D eigenvalue weighted by atomic mass is 16.6. The summed E-state index contributed by atoms with van der Waals surface area (Å²) in [6.45, 7) is 0.522. The van der Waals surface area contributed by atoms with E-state index in [2.05, 4.69) is 4.98 Å². The Morgan fingerprint density at radius 2 is 1.74 bits per heavy atom. The number of amides is 1. The van der Waals surface area contributed by atoms with Crippen LogP contribution in [0.1, 0.15) is 17.5 Å². The lowest BCUT2D eigenvalue weighted by atomic mass is 10.2. The molecule has 0 aliphatic carbocycles. The first kappa shape index (κ1) is 16.5. The van der Waals surface area contributed by atoms with Gasteiger partial charge in [-0.15, -0.1) is 0 Å². The number of ether oxygens (including phenoxy) is 1. The fraction of sp³-hybridized carbons (Fsp3) is 0.235. The molecule has 0 spiro atoms. The van der Waals surface area contributed by atoms with Crippen molar-refractivity contribution < 1.29 is 19.4 Å². The van der Waals surface area contributed by atoms with Crippen molar-refractivity contribution in [1.82, 2.24) is 9.88 Å². The fourth-order valence-electron chi connectivity index (χ4n) is 1.98. The highest BCUT2D eigenvalue weighted by Crippen LogP contribution is 2.08. The van der Waals surface area contributed by atoms with Crippen molar-refractivity contribution >= 4 is 12.1 Å².